The number of carbonyl (C=O) groups is 1. The minimum atomic E-state index is -4.72. The van der Waals surface area contributed by atoms with Crippen LogP contribution in [0.2, 0.25) is 0 Å². The fourth-order valence-electron chi connectivity index (χ4n) is 2.62. The molecule has 0 radical (unpaired) electrons. The van der Waals surface area contributed by atoms with Crippen LogP contribution in [0.25, 0.3) is 0 Å². The SMILES string of the molecule is CC(=O)Nc1ccc(OCC(O)CN(C)Cc2ccc(OC(F)(F)F)cc2)cc1. The van der Waals surface area contributed by atoms with Gasteiger partial charge in [-0.05, 0) is 49.0 Å². The van der Waals surface area contributed by atoms with Crippen molar-refractivity contribution < 1.29 is 32.5 Å². The zero-order chi connectivity index (χ0) is 21.4. The molecule has 0 saturated carbocycles. The molecule has 9 heteroatoms. The number of carbonyl (C=O) groups excluding carboxylic acids is 1. The monoisotopic (exact) mass is 412 g/mol. The number of likely N-dealkylation sites (N-methyl/N-ethyl adjacent to an activating group) is 1. The number of alkyl halides is 3. The number of nitrogens with zero attached hydrogens (tertiary/aromatic N) is 1. The first-order valence-electron chi connectivity index (χ1n) is 8.82. The molecule has 1 amide bonds. The lowest BCUT2D eigenvalue weighted by atomic mass is 10.2. The van der Waals surface area contributed by atoms with Crippen molar-refractivity contribution in [1.29, 1.82) is 0 Å². The molecule has 0 spiro atoms. The maximum atomic E-state index is 12.2. The molecule has 0 saturated heterocycles. The molecule has 1 atom stereocenters. The Morgan fingerprint density at radius 2 is 1.69 bits per heavy atom. The molecule has 0 fully saturated rings. The lowest BCUT2D eigenvalue weighted by Gasteiger charge is -2.21. The Bertz CT molecular complexity index is 780. The van der Waals surface area contributed by atoms with Gasteiger partial charge in [-0.2, -0.15) is 0 Å². The molecule has 2 aromatic rings. The summed E-state index contributed by atoms with van der Waals surface area (Å²) in [6, 6.07) is 12.3. The van der Waals surface area contributed by atoms with Crippen LogP contribution in [-0.4, -0.2) is 48.6 Å². The van der Waals surface area contributed by atoms with Gasteiger partial charge in [-0.3, -0.25) is 9.69 Å². The summed E-state index contributed by atoms with van der Waals surface area (Å²) in [6.45, 7) is 2.24. The van der Waals surface area contributed by atoms with Gasteiger partial charge in [0, 0.05) is 25.7 Å². The number of hydrogen-bond donors (Lipinski definition) is 2. The van der Waals surface area contributed by atoms with E-state index in [4.69, 9.17) is 4.74 Å². The van der Waals surface area contributed by atoms with Gasteiger partial charge in [0.1, 0.15) is 24.2 Å². The van der Waals surface area contributed by atoms with Crippen LogP contribution < -0.4 is 14.8 Å². The van der Waals surface area contributed by atoms with E-state index in [0.717, 1.165) is 5.56 Å². The van der Waals surface area contributed by atoms with Crippen LogP contribution in [0.15, 0.2) is 48.5 Å². The van der Waals surface area contributed by atoms with Crippen molar-refractivity contribution in [3.05, 3.63) is 54.1 Å². The summed E-state index contributed by atoms with van der Waals surface area (Å²) in [5.41, 5.74) is 1.43. The Balaban J connectivity index is 1.75. The normalized spacial score (nSPS) is 12.5. The molecule has 6 nitrogen and oxygen atoms in total. The van der Waals surface area contributed by atoms with Gasteiger partial charge in [-0.1, -0.05) is 12.1 Å². The highest BCUT2D eigenvalue weighted by atomic mass is 19.4. The molecular formula is C20H23F3N2O4. The highest BCUT2D eigenvalue weighted by Crippen LogP contribution is 2.23. The summed E-state index contributed by atoms with van der Waals surface area (Å²) < 4.78 is 45.9. The number of anilines is 1. The van der Waals surface area contributed by atoms with Gasteiger partial charge in [-0.25, -0.2) is 0 Å². The minimum Gasteiger partial charge on any atom is -0.491 e. The van der Waals surface area contributed by atoms with Crippen molar-refractivity contribution in [2.24, 2.45) is 0 Å². The summed E-state index contributed by atoms with van der Waals surface area (Å²) in [5.74, 6) is 0.113. The third kappa shape index (κ3) is 8.84. The summed E-state index contributed by atoms with van der Waals surface area (Å²) >= 11 is 0. The van der Waals surface area contributed by atoms with Crippen LogP contribution in [0.4, 0.5) is 18.9 Å². The van der Waals surface area contributed by atoms with Gasteiger partial charge < -0.3 is 19.9 Å². The number of rotatable bonds is 9. The summed E-state index contributed by atoms with van der Waals surface area (Å²) in [7, 11) is 1.78. The van der Waals surface area contributed by atoms with Crippen LogP contribution in [0.5, 0.6) is 11.5 Å². The fourth-order valence-corrected chi connectivity index (χ4v) is 2.62. The molecule has 2 N–H and O–H groups in total. The van der Waals surface area contributed by atoms with Crippen molar-refractivity contribution in [2.45, 2.75) is 25.9 Å². The predicted octanol–water partition coefficient (Wildman–Crippen LogP) is 3.42. The maximum Gasteiger partial charge on any atom is 0.573 e. The van der Waals surface area contributed by atoms with Gasteiger partial charge in [0.2, 0.25) is 5.91 Å². The number of halogens is 3. The second-order valence-electron chi connectivity index (χ2n) is 6.56. The Morgan fingerprint density at radius 1 is 1.10 bits per heavy atom. The van der Waals surface area contributed by atoms with Gasteiger partial charge in [0.25, 0.3) is 0 Å². The first-order chi connectivity index (χ1) is 13.6. The molecule has 2 rings (SSSR count). The topological polar surface area (TPSA) is 71.0 Å². The van der Waals surface area contributed by atoms with Gasteiger partial charge in [0.05, 0.1) is 0 Å². The van der Waals surface area contributed by atoms with Crippen LogP contribution >= 0.6 is 0 Å². The van der Waals surface area contributed by atoms with Crippen molar-refractivity contribution in [2.75, 3.05) is 25.5 Å². The van der Waals surface area contributed by atoms with E-state index >= 15 is 0 Å². The number of amides is 1. The molecular weight excluding hydrogens is 389 g/mol. The van der Waals surface area contributed by atoms with E-state index in [9.17, 15) is 23.1 Å². The summed E-state index contributed by atoms with van der Waals surface area (Å²) in [4.78, 5) is 12.8. The molecule has 0 aliphatic heterocycles. The van der Waals surface area contributed by atoms with Crippen LogP contribution in [0.3, 0.4) is 0 Å². The molecule has 1 unspecified atom stereocenters. The highest BCUT2D eigenvalue weighted by Gasteiger charge is 2.30. The smallest absolute Gasteiger partial charge is 0.491 e. The zero-order valence-corrected chi connectivity index (χ0v) is 16.1. The standard InChI is InChI=1S/C20H23F3N2O4/c1-14(26)24-16-5-9-18(10-6-16)28-13-17(27)12-25(2)11-15-3-7-19(8-4-15)29-20(21,22)23/h3-10,17,27H,11-13H2,1-2H3,(H,24,26). The Kier molecular flexibility index (Phi) is 7.86. The Morgan fingerprint density at radius 3 is 2.24 bits per heavy atom. The fraction of sp³-hybridized carbons (Fsp3) is 0.350. The van der Waals surface area contributed by atoms with Crippen LogP contribution in [0.1, 0.15) is 12.5 Å². The van der Waals surface area contributed by atoms with E-state index in [2.05, 4.69) is 10.1 Å². The number of ether oxygens (including phenoxy) is 2. The summed E-state index contributed by atoms with van der Waals surface area (Å²) in [6.07, 6.45) is -5.48. The second kappa shape index (κ2) is 10.1. The molecule has 0 bridgehead atoms. The van der Waals surface area contributed by atoms with E-state index in [0.29, 0.717) is 24.5 Å². The molecule has 0 aliphatic rings. The first-order valence-corrected chi connectivity index (χ1v) is 8.82. The van der Waals surface area contributed by atoms with Gasteiger partial charge in [0.15, 0.2) is 0 Å². The van der Waals surface area contributed by atoms with E-state index in [1.165, 1.54) is 31.2 Å². The highest BCUT2D eigenvalue weighted by molar-refractivity contribution is 5.88. The third-order valence-corrected chi connectivity index (χ3v) is 3.75. The van der Waals surface area contributed by atoms with E-state index in [-0.39, 0.29) is 18.3 Å². The van der Waals surface area contributed by atoms with Crippen molar-refractivity contribution in [3.63, 3.8) is 0 Å². The zero-order valence-electron chi connectivity index (χ0n) is 16.1. The molecule has 0 heterocycles. The van der Waals surface area contributed by atoms with Crippen LogP contribution in [-0.2, 0) is 11.3 Å². The molecule has 29 heavy (non-hydrogen) atoms. The number of aliphatic hydroxyl groups excluding tert-OH is 1. The van der Waals surface area contributed by atoms with Crippen molar-refractivity contribution >= 4 is 11.6 Å². The van der Waals surface area contributed by atoms with E-state index < -0.39 is 12.5 Å². The average Bonchev–Trinajstić information content (AvgIpc) is 2.61. The van der Waals surface area contributed by atoms with E-state index in [1.54, 1.807) is 31.3 Å². The van der Waals surface area contributed by atoms with E-state index in [1.807, 2.05) is 4.90 Å². The van der Waals surface area contributed by atoms with Crippen molar-refractivity contribution in [3.8, 4) is 11.5 Å². The van der Waals surface area contributed by atoms with Gasteiger partial charge in [-0.15, -0.1) is 13.2 Å². The number of nitrogens with one attached hydrogen (secondary N) is 1. The molecule has 0 aliphatic carbocycles. The average molecular weight is 412 g/mol. The van der Waals surface area contributed by atoms with Crippen LogP contribution in [0, 0.1) is 0 Å². The Hall–Kier alpha value is -2.78. The largest absolute Gasteiger partial charge is 0.573 e. The second-order valence-corrected chi connectivity index (χ2v) is 6.56. The molecule has 0 aromatic heterocycles. The van der Waals surface area contributed by atoms with Crippen molar-refractivity contribution in [1.82, 2.24) is 4.90 Å². The first kappa shape index (κ1) is 22.5. The number of benzene rings is 2. The lowest BCUT2D eigenvalue weighted by molar-refractivity contribution is -0.274. The lowest BCUT2D eigenvalue weighted by Crippen LogP contribution is -2.32. The number of aliphatic hydroxyl groups is 1. The van der Waals surface area contributed by atoms with Gasteiger partial charge >= 0.3 is 6.36 Å². The quantitative estimate of drug-likeness (QED) is 0.661. The molecule has 2 aromatic carbocycles. The third-order valence-electron chi connectivity index (χ3n) is 3.75. The molecule has 158 valence electrons. The predicted molar refractivity (Wildman–Crippen MR) is 102 cm³/mol. The Labute approximate surface area is 166 Å². The summed E-state index contributed by atoms with van der Waals surface area (Å²) in [5, 5.41) is 12.8. The minimum absolute atomic E-state index is 0.0716. The number of hydrogen-bond acceptors (Lipinski definition) is 5. The maximum absolute atomic E-state index is 12.2.